The van der Waals surface area contributed by atoms with Gasteiger partial charge >= 0.3 is 11.9 Å². The monoisotopic (exact) mass is 383 g/mol. The normalized spacial score (nSPS) is 10.3. The van der Waals surface area contributed by atoms with Gasteiger partial charge in [-0.1, -0.05) is 35.9 Å². The molecule has 25 heavy (non-hydrogen) atoms. The molecule has 0 saturated heterocycles. The van der Waals surface area contributed by atoms with Gasteiger partial charge < -0.3 is 20.3 Å². The summed E-state index contributed by atoms with van der Waals surface area (Å²) in [7, 11) is 0. The van der Waals surface area contributed by atoms with Crippen molar-refractivity contribution in [1.82, 2.24) is 5.32 Å². The van der Waals surface area contributed by atoms with Crippen LogP contribution in [0, 0.1) is 0 Å². The third kappa shape index (κ3) is 4.71. The number of nitrogens with one attached hydrogen (secondary N) is 1. The number of carboxylic acid groups (broad SMARTS) is 2. The summed E-state index contributed by atoms with van der Waals surface area (Å²) in [6.07, 6.45) is 0. The first-order valence-electron chi connectivity index (χ1n) is 7.03. The van der Waals surface area contributed by atoms with Gasteiger partial charge in [0.1, 0.15) is 5.02 Å². The van der Waals surface area contributed by atoms with E-state index in [2.05, 4.69) is 5.32 Å². The summed E-state index contributed by atoms with van der Waals surface area (Å²) < 4.78 is 5.03. The van der Waals surface area contributed by atoms with E-state index in [9.17, 15) is 19.5 Å². The molecule has 2 rings (SSSR count). The highest BCUT2D eigenvalue weighted by molar-refractivity contribution is 7.18. The van der Waals surface area contributed by atoms with Crippen molar-refractivity contribution in [1.29, 1.82) is 0 Å². The Morgan fingerprint density at radius 3 is 2.36 bits per heavy atom. The lowest BCUT2D eigenvalue weighted by Gasteiger charge is -2.05. The molecule has 1 aromatic heterocycles. The van der Waals surface area contributed by atoms with Gasteiger partial charge in [0.25, 0.3) is 0 Å². The van der Waals surface area contributed by atoms with E-state index in [0.29, 0.717) is 17.0 Å². The Morgan fingerprint density at radius 1 is 1.20 bits per heavy atom. The van der Waals surface area contributed by atoms with Gasteiger partial charge in [-0.05, 0) is 11.1 Å². The van der Waals surface area contributed by atoms with Gasteiger partial charge in [0.05, 0.1) is 4.88 Å². The van der Waals surface area contributed by atoms with E-state index >= 15 is 0 Å². The van der Waals surface area contributed by atoms with Crippen LogP contribution < -0.4 is 10.1 Å². The lowest BCUT2D eigenvalue weighted by Crippen LogP contribution is -2.18. The van der Waals surface area contributed by atoms with E-state index in [-0.39, 0.29) is 21.6 Å². The molecule has 0 bridgehead atoms. The van der Waals surface area contributed by atoms with E-state index < -0.39 is 18.5 Å². The molecule has 0 aliphatic carbocycles. The topological polar surface area (TPSA) is 113 Å². The number of amides is 1. The van der Waals surface area contributed by atoms with E-state index in [1.807, 2.05) is 0 Å². The van der Waals surface area contributed by atoms with Crippen LogP contribution in [0.25, 0.3) is 10.4 Å². The summed E-state index contributed by atoms with van der Waals surface area (Å²) in [5.41, 5.74) is 1.53. The van der Waals surface area contributed by atoms with Crippen molar-refractivity contribution >= 4 is 40.8 Å². The minimum Gasteiger partial charge on any atom is -0.479 e. The lowest BCUT2D eigenvalue weighted by molar-refractivity contribution is -0.139. The van der Waals surface area contributed by atoms with Crippen LogP contribution in [0.3, 0.4) is 0 Å². The number of thiophene rings is 1. The molecule has 0 atom stereocenters. The maximum atomic E-state index is 11.4. The molecular formula is C16H14ClNO6S. The summed E-state index contributed by atoms with van der Waals surface area (Å²) in [5.74, 6) is -2.78. The number of carbonyl (C=O) groups is 3. The van der Waals surface area contributed by atoms with Crippen molar-refractivity contribution in [2.24, 2.45) is 0 Å². The fraction of sp³-hybridized carbons (Fsp3) is 0.188. The molecule has 7 nitrogen and oxygen atoms in total. The molecule has 0 aliphatic heterocycles. The van der Waals surface area contributed by atoms with Gasteiger partial charge in [-0.25, -0.2) is 9.59 Å². The predicted octanol–water partition coefficient (Wildman–Crippen LogP) is 2.87. The van der Waals surface area contributed by atoms with Gasteiger partial charge in [-0.3, -0.25) is 4.79 Å². The van der Waals surface area contributed by atoms with E-state index in [4.69, 9.17) is 21.4 Å². The highest BCUT2D eigenvalue weighted by Crippen LogP contribution is 2.45. The van der Waals surface area contributed by atoms with Crippen LogP contribution in [0.5, 0.6) is 5.75 Å². The maximum absolute atomic E-state index is 11.4. The smallest absolute Gasteiger partial charge is 0.349 e. The first-order chi connectivity index (χ1) is 11.8. The largest absolute Gasteiger partial charge is 0.479 e. The van der Waals surface area contributed by atoms with Gasteiger partial charge in [-0.2, -0.15) is 0 Å². The minimum atomic E-state index is -1.25. The fourth-order valence-corrected chi connectivity index (χ4v) is 3.40. The maximum Gasteiger partial charge on any atom is 0.349 e. The number of hydrogen-bond donors (Lipinski definition) is 3. The minimum absolute atomic E-state index is 0.0539. The number of hydrogen-bond acceptors (Lipinski definition) is 5. The molecule has 0 aliphatic rings. The highest BCUT2D eigenvalue weighted by atomic mass is 35.5. The predicted molar refractivity (Wildman–Crippen MR) is 92.4 cm³/mol. The number of aromatic carboxylic acids is 1. The lowest BCUT2D eigenvalue weighted by atomic mass is 10.1. The third-order valence-corrected chi connectivity index (χ3v) is 4.78. The average molecular weight is 384 g/mol. The molecule has 0 fully saturated rings. The SMILES string of the molecule is CC(=O)NCc1ccc(-c2sc(C(=O)O)c(OCC(=O)O)c2Cl)cc1. The Bertz CT molecular complexity index is 815. The zero-order valence-corrected chi connectivity index (χ0v) is 14.6. The Labute approximate surface area is 151 Å². The number of ether oxygens (including phenoxy) is 1. The van der Waals surface area contributed by atoms with Gasteiger partial charge in [-0.15, -0.1) is 11.3 Å². The van der Waals surface area contributed by atoms with Crippen molar-refractivity contribution in [2.45, 2.75) is 13.5 Å². The molecule has 2 aromatic rings. The van der Waals surface area contributed by atoms with E-state index in [0.717, 1.165) is 16.9 Å². The molecule has 0 saturated carbocycles. The van der Waals surface area contributed by atoms with Crippen molar-refractivity contribution < 1.29 is 29.3 Å². The Kier molecular flexibility index (Phi) is 6.00. The van der Waals surface area contributed by atoms with E-state index in [1.165, 1.54) is 6.92 Å². The summed E-state index contributed by atoms with van der Waals surface area (Å²) in [6.45, 7) is 1.11. The summed E-state index contributed by atoms with van der Waals surface area (Å²) in [4.78, 5) is 33.2. The summed E-state index contributed by atoms with van der Waals surface area (Å²) >= 11 is 7.11. The zero-order chi connectivity index (χ0) is 18.6. The number of benzene rings is 1. The zero-order valence-electron chi connectivity index (χ0n) is 13.0. The van der Waals surface area contributed by atoms with Crippen LogP contribution in [0.1, 0.15) is 22.2 Å². The number of carbonyl (C=O) groups excluding carboxylic acids is 1. The van der Waals surface area contributed by atoms with Crippen LogP contribution >= 0.6 is 22.9 Å². The molecule has 0 unspecified atom stereocenters. The molecule has 0 radical (unpaired) electrons. The number of rotatable bonds is 7. The molecule has 1 aromatic carbocycles. The Morgan fingerprint density at radius 2 is 1.84 bits per heavy atom. The number of halogens is 1. The first-order valence-corrected chi connectivity index (χ1v) is 8.23. The second-order valence-corrected chi connectivity index (χ2v) is 6.40. The van der Waals surface area contributed by atoms with Gasteiger partial charge in [0.15, 0.2) is 17.2 Å². The summed E-state index contributed by atoms with van der Waals surface area (Å²) in [5, 5.41) is 20.7. The van der Waals surface area contributed by atoms with Crippen molar-refractivity contribution in [3.8, 4) is 16.2 Å². The van der Waals surface area contributed by atoms with Crippen LogP contribution in [-0.4, -0.2) is 34.7 Å². The molecule has 0 spiro atoms. The second-order valence-electron chi connectivity index (χ2n) is 5.00. The quantitative estimate of drug-likeness (QED) is 0.677. The van der Waals surface area contributed by atoms with Crippen LogP contribution in [0.4, 0.5) is 0 Å². The van der Waals surface area contributed by atoms with Crippen LogP contribution in [0.2, 0.25) is 5.02 Å². The molecule has 9 heteroatoms. The third-order valence-electron chi connectivity index (χ3n) is 3.10. The van der Waals surface area contributed by atoms with Crippen molar-refractivity contribution in [2.75, 3.05) is 6.61 Å². The number of aliphatic carboxylic acids is 1. The van der Waals surface area contributed by atoms with Crippen LogP contribution in [-0.2, 0) is 16.1 Å². The van der Waals surface area contributed by atoms with Crippen molar-refractivity contribution in [3.05, 3.63) is 39.7 Å². The van der Waals surface area contributed by atoms with Crippen molar-refractivity contribution in [3.63, 3.8) is 0 Å². The fourth-order valence-electron chi connectivity index (χ4n) is 1.99. The van der Waals surface area contributed by atoms with Gasteiger partial charge in [0, 0.05) is 13.5 Å². The highest BCUT2D eigenvalue weighted by Gasteiger charge is 2.24. The summed E-state index contributed by atoms with van der Waals surface area (Å²) in [6, 6.07) is 7.03. The molecular weight excluding hydrogens is 370 g/mol. The number of carboxylic acids is 2. The first kappa shape index (κ1) is 18.8. The average Bonchev–Trinajstić information content (AvgIpc) is 2.88. The Hall–Kier alpha value is -2.58. The molecule has 1 amide bonds. The Balaban J connectivity index is 2.32. The molecule has 3 N–H and O–H groups in total. The molecule has 132 valence electrons. The standard InChI is InChI=1S/C16H14ClNO6S/c1-8(19)18-6-9-2-4-10(5-3-9)14-12(17)13(24-7-11(20)21)15(25-14)16(22)23/h2-5H,6-7H2,1H3,(H,18,19)(H,20,21)(H,22,23). The van der Waals surface area contributed by atoms with Crippen LogP contribution in [0.15, 0.2) is 24.3 Å². The van der Waals surface area contributed by atoms with Gasteiger partial charge in [0.2, 0.25) is 5.91 Å². The van der Waals surface area contributed by atoms with E-state index in [1.54, 1.807) is 24.3 Å². The second kappa shape index (κ2) is 8.00. The molecule has 1 heterocycles.